The van der Waals surface area contributed by atoms with E-state index in [1.165, 1.54) is 17.0 Å². The Kier molecular flexibility index (Phi) is 9.20. The predicted octanol–water partition coefficient (Wildman–Crippen LogP) is -0.354. The number of nitrogens with zero attached hydrogens (tertiary/aromatic N) is 2. The van der Waals surface area contributed by atoms with Gasteiger partial charge in [0.15, 0.2) is 0 Å². The number of carbonyl (C=O) groups excluding carboxylic acids is 3. The molecule has 0 unspecified atom stereocenters. The smallest absolute Gasteiger partial charge is 0.326 e. The average molecular weight is 531 g/mol. The van der Waals surface area contributed by atoms with Crippen LogP contribution < -0.4 is 20.7 Å². The van der Waals surface area contributed by atoms with Gasteiger partial charge in [-0.1, -0.05) is 18.2 Å². The third-order valence-electron chi connectivity index (χ3n) is 5.62. The van der Waals surface area contributed by atoms with E-state index in [1.807, 2.05) is 4.90 Å². The lowest BCUT2D eigenvalue weighted by Crippen LogP contribution is -2.54. The fraction of sp³-hybridized carbons (Fsp3) is 0.333. The number of carbonyl (C=O) groups is 3. The summed E-state index contributed by atoms with van der Waals surface area (Å²) in [5, 5.41) is 9.98. The fourth-order valence-corrected chi connectivity index (χ4v) is 4.87. The first-order valence-electron chi connectivity index (χ1n) is 11.6. The standard InChI is InChI=1S/C24H30N6O6S/c1-2-36-24(33)20(28-37(34,35)19-6-4-3-5-7-19)14-27-21(31)15-30-13-12-29(16-22(30)32)18-10-8-17(9-11-18)23(25)26/h3-11,20,28H,2,12-16H2,1H3,(H3,25,26)(H,27,31)/t20-/m0/s1. The molecule has 37 heavy (non-hydrogen) atoms. The molecule has 1 heterocycles. The van der Waals surface area contributed by atoms with Gasteiger partial charge < -0.3 is 25.6 Å². The number of nitrogens with two attached hydrogens (primary N) is 1. The number of rotatable bonds is 11. The van der Waals surface area contributed by atoms with Crippen LogP contribution in [-0.2, 0) is 29.1 Å². The highest BCUT2D eigenvalue weighted by atomic mass is 32.2. The van der Waals surface area contributed by atoms with E-state index in [1.54, 1.807) is 49.4 Å². The number of amides is 2. The molecule has 3 rings (SSSR count). The van der Waals surface area contributed by atoms with Gasteiger partial charge in [-0.2, -0.15) is 4.72 Å². The van der Waals surface area contributed by atoms with Crippen LogP contribution in [-0.4, -0.2) is 82.3 Å². The molecule has 2 aromatic rings. The van der Waals surface area contributed by atoms with E-state index in [0.717, 1.165) is 5.69 Å². The van der Waals surface area contributed by atoms with Crippen molar-refractivity contribution in [1.29, 1.82) is 5.41 Å². The number of ether oxygens (including phenoxy) is 1. The first-order chi connectivity index (χ1) is 17.6. The minimum atomic E-state index is -4.04. The highest BCUT2D eigenvalue weighted by Gasteiger charge is 2.29. The Labute approximate surface area is 215 Å². The molecule has 0 spiro atoms. The molecular weight excluding hydrogens is 500 g/mol. The molecule has 0 aliphatic carbocycles. The number of benzene rings is 2. The van der Waals surface area contributed by atoms with Gasteiger partial charge in [-0.05, 0) is 43.3 Å². The van der Waals surface area contributed by atoms with Crippen LogP contribution in [0.5, 0.6) is 0 Å². The molecular formula is C24H30N6O6S. The van der Waals surface area contributed by atoms with Crippen LogP contribution in [0.2, 0.25) is 0 Å². The second kappa shape index (κ2) is 12.3. The molecule has 0 saturated carbocycles. The van der Waals surface area contributed by atoms with Crippen molar-refractivity contribution in [3.8, 4) is 0 Å². The van der Waals surface area contributed by atoms with Crippen LogP contribution in [0, 0.1) is 5.41 Å². The first-order valence-corrected chi connectivity index (χ1v) is 13.1. The van der Waals surface area contributed by atoms with E-state index in [9.17, 15) is 22.8 Å². The van der Waals surface area contributed by atoms with Gasteiger partial charge in [0.2, 0.25) is 21.8 Å². The van der Waals surface area contributed by atoms with Gasteiger partial charge in [0.25, 0.3) is 0 Å². The summed E-state index contributed by atoms with van der Waals surface area (Å²) in [4.78, 5) is 40.8. The second-order valence-corrected chi connectivity index (χ2v) is 9.95. The van der Waals surface area contributed by atoms with Gasteiger partial charge in [0, 0.05) is 30.9 Å². The zero-order valence-electron chi connectivity index (χ0n) is 20.3. The van der Waals surface area contributed by atoms with Crippen LogP contribution in [0.1, 0.15) is 12.5 Å². The molecule has 1 saturated heterocycles. The number of anilines is 1. The lowest BCUT2D eigenvalue weighted by atomic mass is 10.1. The summed E-state index contributed by atoms with van der Waals surface area (Å²) < 4.78 is 32.5. The normalized spacial score (nSPS) is 14.7. The number of esters is 1. The Morgan fingerprint density at radius 2 is 1.78 bits per heavy atom. The molecule has 2 aromatic carbocycles. The molecule has 1 aliphatic heterocycles. The lowest BCUT2D eigenvalue weighted by molar-refractivity contribution is -0.145. The minimum Gasteiger partial charge on any atom is -0.465 e. The molecule has 198 valence electrons. The Bertz CT molecular complexity index is 1240. The van der Waals surface area contributed by atoms with Gasteiger partial charge >= 0.3 is 5.97 Å². The van der Waals surface area contributed by atoms with Crippen LogP contribution in [0.15, 0.2) is 59.5 Å². The molecule has 13 heteroatoms. The van der Waals surface area contributed by atoms with Crippen LogP contribution >= 0.6 is 0 Å². The third kappa shape index (κ3) is 7.51. The summed E-state index contributed by atoms with van der Waals surface area (Å²) in [5.74, 6) is -1.68. The van der Waals surface area contributed by atoms with E-state index in [4.69, 9.17) is 15.9 Å². The summed E-state index contributed by atoms with van der Waals surface area (Å²) in [6, 6.07) is 13.1. The quantitative estimate of drug-likeness (QED) is 0.173. The van der Waals surface area contributed by atoms with Crippen LogP contribution in [0.25, 0.3) is 0 Å². The fourth-order valence-electron chi connectivity index (χ4n) is 3.66. The van der Waals surface area contributed by atoms with Crippen LogP contribution in [0.3, 0.4) is 0 Å². The predicted molar refractivity (Wildman–Crippen MR) is 136 cm³/mol. The van der Waals surface area contributed by atoms with Gasteiger partial charge in [-0.3, -0.25) is 19.8 Å². The van der Waals surface area contributed by atoms with Crippen molar-refractivity contribution in [3.05, 3.63) is 60.2 Å². The monoisotopic (exact) mass is 530 g/mol. The van der Waals surface area contributed by atoms with Gasteiger partial charge in [0.05, 0.1) is 24.6 Å². The number of piperazine rings is 1. The maximum absolute atomic E-state index is 12.6. The topological polar surface area (TPSA) is 175 Å². The maximum Gasteiger partial charge on any atom is 0.326 e. The molecule has 1 atom stereocenters. The van der Waals surface area contributed by atoms with E-state index in [2.05, 4.69) is 10.0 Å². The first kappa shape index (κ1) is 27.6. The summed E-state index contributed by atoms with van der Waals surface area (Å²) in [7, 11) is -4.04. The Hall–Kier alpha value is -3.97. The number of hydrogen-bond acceptors (Lipinski definition) is 8. The molecule has 1 aliphatic rings. The van der Waals surface area contributed by atoms with Crippen molar-refractivity contribution in [2.75, 3.05) is 44.2 Å². The Morgan fingerprint density at radius 1 is 1.11 bits per heavy atom. The van der Waals surface area contributed by atoms with Crippen LogP contribution in [0.4, 0.5) is 5.69 Å². The number of hydrogen-bond donors (Lipinski definition) is 4. The number of amidine groups is 1. The third-order valence-corrected chi connectivity index (χ3v) is 7.11. The summed E-state index contributed by atoms with van der Waals surface area (Å²) >= 11 is 0. The van der Waals surface area contributed by atoms with Crippen molar-refractivity contribution in [1.82, 2.24) is 14.9 Å². The molecule has 0 bridgehead atoms. The van der Waals surface area contributed by atoms with Gasteiger partial charge in [-0.25, -0.2) is 8.42 Å². The average Bonchev–Trinajstić information content (AvgIpc) is 2.88. The number of nitrogens with one attached hydrogen (secondary N) is 3. The zero-order chi connectivity index (χ0) is 27.0. The SMILES string of the molecule is CCOC(=O)[C@H](CNC(=O)CN1CCN(c2ccc(C(=N)N)cc2)CC1=O)NS(=O)(=O)c1ccccc1. The van der Waals surface area contributed by atoms with Crippen molar-refractivity contribution in [3.63, 3.8) is 0 Å². The Balaban J connectivity index is 1.55. The highest BCUT2D eigenvalue weighted by molar-refractivity contribution is 7.89. The van der Waals surface area contributed by atoms with E-state index in [0.29, 0.717) is 18.7 Å². The molecule has 0 radical (unpaired) electrons. The summed E-state index contributed by atoms with van der Waals surface area (Å²) in [6.45, 7) is 1.88. The number of nitrogen functional groups attached to an aromatic ring is 1. The van der Waals surface area contributed by atoms with E-state index >= 15 is 0 Å². The van der Waals surface area contributed by atoms with E-state index in [-0.39, 0.29) is 42.9 Å². The van der Waals surface area contributed by atoms with E-state index < -0.39 is 27.9 Å². The maximum atomic E-state index is 12.6. The molecule has 0 aromatic heterocycles. The molecule has 2 amide bonds. The summed E-state index contributed by atoms with van der Waals surface area (Å²) in [6.07, 6.45) is 0. The lowest BCUT2D eigenvalue weighted by Gasteiger charge is -2.35. The second-order valence-electron chi connectivity index (χ2n) is 8.24. The van der Waals surface area contributed by atoms with Crippen molar-refractivity contribution in [2.45, 2.75) is 17.9 Å². The van der Waals surface area contributed by atoms with Gasteiger partial charge in [0.1, 0.15) is 11.9 Å². The molecule has 5 N–H and O–H groups in total. The largest absolute Gasteiger partial charge is 0.465 e. The Morgan fingerprint density at radius 3 is 2.38 bits per heavy atom. The highest BCUT2D eigenvalue weighted by Crippen LogP contribution is 2.18. The van der Waals surface area contributed by atoms with Crippen molar-refractivity contribution in [2.24, 2.45) is 5.73 Å². The van der Waals surface area contributed by atoms with Crippen molar-refractivity contribution >= 4 is 39.3 Å². The minimum absolute atomic E-state index is 0.0324. The molecule has 12 nitrogen and oxygen atoms in total. The zero-order valence-corrected chi connectivity index (χ0v) is 21.2. The number of sulfonamides is 1. The van der Waals surface area contributed by atoms with Gasteiger partial charge in [-0.15, -0.1) is 0 Å². The van der Waals surface area contributed by atoms with Crippen molar-refractivity contribution < 1.29 is 27.5 Å². The molecule has 1 fully saturated rings. The summed E-state index contributed by atoms with van der Waals surface area (Å²) in [5.41, 5.74) is 6.85.